The van der Waals surface area contributed by atoms with Crippen LogP contribution in [0.1, 0.15) is 34.3 Å². The Morgan fingerprint density at radius 2 is 1.03 bits per heavy atom. The van der Waals surface area contributed by atoms with Crippen LogP contribution >= 0.6 is 0 Å². The number of hydrogen-bond acceptors (Lipinski definition) is 3. The molecule has 30 heavy (non-hydrogen) atoms. The standard InChI is InChI=1S/C27H18O3/c28-27(25-21-13-5-7-15-23(21)29-24-16-8-6-14-22(24)25)30-26-19-11-3-1-9-17(19)18-10-2-4-12-20(18)26/h1-16,25-26H. The van der Waals surface area contributed by atoms with Crippen molar-refractivity contribution in [3.63, 3.8) is 0 Å². The van der Waals surface area contributed by atoms with Crippen molar-refractivity contribution in [2.24, 2.45) is 0 Å². The molecule has 1 aliphatic carbocycles. The predicted octanol–water partition coefficient (Wildman–Crippen LogP) is 6.24. The summed E-state index contributed by atoms with van der Waals surface area (Å²) >= 11 is 0. The maximum Gasteiger partial charge on any atom is 0.319 e. The number of esters is 1. The van der Waals surface area contributed by atoms with Crippen molar-refractivity contribution in [1.82, 2.24) is 0 Å². The topological polar surface area (TPSA) is 35.5 Å². The first kappa shape index (κ1) is 17.0. The summed E-state index contributed by atoms with van der Waals surface area (Å²) in [5.41, 5.74) is 5.97. The fourth-order valence-electron chi connectivity index (χ4n) is 4.58. The molecule has 1 heterocycles. The van der Waals surface area contributed by atoms with Crippen molar-refractivity contribution in [3.8, 4) is 22.6 Å². The molecule has 0 saturated heterocycles. The van der Waals surface area contributed by atoms with Gasteiger partial charge in [-0.3, -0.25) is 4.79 Å². The van der Waals surface area contributed by atoms with E-state index < -0.39 is 12.0 Å². The SMILES string of the molecule is O=C(OC1c2ccccc2-c2ccccc21)C1c2ccccc2Oc2ccccc21. The minimum absolute atomic E-state index is 0.269. The zero-order valence-electron chi connectivity index (χ0n) is 16.1. The molecule has 0 amide bonds. The van der Waals surface area contributed by atoms with E-state index in [4.69, 9.17) is 9.47 Å². The third-order valence-electron chi connectivity index (χ3n) is 5.93. The molecule has 0 saturated carbocycles. The van der Waals surface area contributed by atoms with Gasteiger partial charge in [-0.05, 0) is 23.3 Å². The van der Waals surface area contributed by atoms with Crippen molar-refractivity contribution < 1.29 is 14.3 Å². The first-order valence-electron chi connectivity index (χ1n) is 10.1. The van der Waals surface area contributed by atoms with Gasteiger partial charge in [0.05, 0.1) is 0 Å². The molecule has 0 unspecified atom stereocenters. The van der Waals surface area contributed by atoms with E-state index >= 15 is 0 Å². The summed E-state index contributed by atoms with van der Waals surface area (Å²) in [6.45, 7) is 0. The molecule has 0 bridgehead atoms. The third-order valence-corrected chi connectivity index (χ3v) is 5.93. The van der Waals surface area contributed by atoms with Crippen LogP contribution in [0.4, 0.5) is 0 Å². The third kappa shape index (κ3) is 2.49. The van der Waals surface area contributed by atoms with Gasteiger partial charge < -0.3 is 9.47 Å². The van der Waals surface area contributed by atoms with Crippen LogP contribution in [0.5, 0.6) is 11.5 Å². The Morgan fingerprint density at radius 3 is 1.57 bits per heavy atom. The van der Waals surface area contributed by atoms with Crippen molar-refractivity contribution in [2.45, 2.75) is 12.0 Å². The number of benzene rings is 4. The summed E-state index contributed by atoms with van der Waals surface area (Å²) in [5, 5.41) is 0. The molecule has 0 spiro atoms. The van der Waals surface area contributed by atoms with Gasteiger partial charge in [-0.1, -0.05) is 84.9 Å². The number of ether oxygens (including phenoxy) is 2. The highest BCUT2D eigenvalue weighted by Gasteiger charge is 2.37. The van der Waals surface area contributed by atoms with Gasteiger partial charge in [-0.2, -0.15) is 0 Å². The largest absolute Gasteiger partial charge is 0.457 e. The highest BCUT2D eigenvalue weighted by molar-refractivity contribution is 5.87. The monoisotopic (exact) mass is 390 g/mol. The molecule has 3 heteroatoms. The van der Waals surface area contributed by atoms with Gasteiger partial charge in [0.1, 0.15) is 17.4 Å². The molecule has 2 aliphatic rings. The summed E-state index contributed by atoms with van der Waals surface area (Å²) in [6.07, 6.45) is -0.410. The average molecular weight is 390 g/mol. The maximum absolute atomic E-state index is 13.6. The molecule has 6 rings (SSSR count). The summed E-state index contributed by atoms with van der Waals surface area (Å²) in [5.74, 6) is 0.608. The molecule has 0 N–H and O–H groups in total. The van der Waals surface area contributed by atoms with E-state index in [-0.39, 0.29) is 5.97 Å². The van der Waals surface area contributed by atoms with Crippen LogP contribution in [-0.4, -0.2) is 5.97 Å². The Hall–Kier alpha value is -3.85. The molecule has 1 aliphatic heterocycles. The smallest absolute Gasteiger partial charge is 0.319 e. The van der Waals surface area contributed by atoms with Crippen LogP contribution in [0.3, 0.4) is 0 Å². The minimum Gasteiger partial charge on any atom is -0.457 e. The maximum atomic E-state index is 13.6. The zero-order valence-corrected chi connectivity index (χ0v) is 16.1. The van der Waals surface area contributed by atoms with E-state index in [9.17, 15) is 4.79 Å². The second-order valence-electron chi connectivity index (χ2n) is 7.60. The van der Waals surface area contributed by atoms with E-state index in [0.29, 0.717) is 11.5 Å². The highest BCUT2D eigenvalue weighted by atomic mass is 16.5. The fraction of sp³-hybridized carbons (Fsp3) is 0.0741. The second-order valence-corrected chi connectivity index (χ2v) is 7.60. The van der Waals surface area contributed by atoms with E-state index in [1.54, 1.807) is 0 Å². The number of rotatable bonds is 2. The van der Waals surface area contributed by atoms with Crippen molar-refractivity contribution in [3.05, 3.63) is 119 Å². The quantitative estimate of drug-likeness (QED) is 0.380. The predicted molar refractivity (Wildman–Crippen MR) is 115 cm³/mol. The number of para-hydroxylation sites is 2. The van der Waals surface area contributed by atoms with Crippen LogP contribution in [0.15, 0.2) is 97.1 Å². The van der Waals surface area contributed by atoms with Gasteiger partial charge in [0.25, 0.3) is 0 Å². The van der Waals surface area contributed by atoms with Crippen LogP contribution in [0, 0.1) is 0 Å². The first-order chi connectivity index (χ1) is 14.8. The Morgan fingerprint density at radius 1 is 0.600 bits per heavy atom. The Bertz CT molecular complexity index is 1200. The lowest BCUT2D eigenvalue weighted by atomic mass is 9.88. The zero-order chi connectivity index (χ0) is 20.1. The average Bonchev–Trinajstić information content (AvgIpc) is 3.11. The lowest BCUT2D eigenvalue weighted by Crippen LogP contribution is -2.23. The molecule has 0 atom stereocenters. The summed E-state index contributed by atoms with van der Waals surface area (Å²) in [6, 6.07) is 31.6. The van der Waals surface area contributed by atoms with Gasteiger partial charge >= 0.3 is 5.97 Å². The Balaban J connectivity index is 1.44. The van der Waals surface area contributed by atoms with Crippen molar-refractivity contribution >= 4 is 5.97 Å². The molecule has 0 aromatic heterocycles. The molecule has 4 aromatic carbocycles. The number of carbonyl (C=O) groups is 1. The van der Waals surface area contributed by atoms with Crippen LogP contribution in [-0.2, 0) is 9.53 Å². The van der Waals surface area contributed by atoms with Gasteiger partial charge in [0.2, 0.25) is 0 Å². The van der Waals surface area contributed by atoms with E-state index in [2.05, 4.69) is 12.1 Å². The lowest BCUT2D eigenvalue weighted by molar-refractivity contribution is -0.148. The van der Waals surface area contributed by atoms with E-state index in [0.717, 1.165) is 33.4 Å². The number of hydrogen-bond donors (Lipinski definition) is 0. The normalized spacial score (nSPS) is 14.1. The second kappa shape index (κ2) is 6.60. The molecule has 4 aromatic rings. The van der Waals surface area contributed by atoms with E-state index in [1.807, 2.05) is 84.9 Å². The van der Waals surface area contributed by atoms with Crippen LogP contribution < -0.4 is 4.74 Å². The summed E-state index contributed by atoms with van der Waals surface area (Å²) in [7, 11) is 0. The molecule has 3 nitrogen and oxygen atoms in total. The van der Waals surface area contributed by atoms with Gasteiger partial charge in [-0.25, -0.2) is 0 Å². The van der Waals surface area contributed by atoms with Crippen LogP contribution in [0.25, 0.3) is 11.1 Å². The fourth-order valence-corrected chi connectivity index (χ4v) is 4.58. The summed E-state index contributed by atoms with van der Waals surface area (Å²) < 4.78 is 12.3. The van der Waals surface area contributed by atoms with Gasteiger partial charge in [0, 0.05) is 22.3 Å². The number of carbonyl (C=O) groups excluding carboxylic acids is 1. The molecular formula is C27H18O3. The molecule has 0 radical (unpaired) electrons. The van der Waals surface area contributed by atoms with Gasteiger partial charge in [-0.15, -0.1) is 0 Å². The molecule has 0 fully saturated rings. The molecular weight excluding hydrogens is 372 g/mol. The van der Waals surface area contributed by atoms with Gasteiger partial charge in [0.15, 0.2) is 6.10 Å². The summed E-state index contributed by atoms with van der Waals surface area (Å²) in [4.78, 5) is 13.6. The van der Waals surface area contributed by atoms with Crippen molar-refractivity contribution in [2.75, 3.05) is 0 Å². The Kier molecular flexibility index (Phi) is 3.75. The first-order valence-corrected chi connectivity index (χ1v) is 10.1. The molecule has 144 valence electrons. The van der Waals surface area contributed by atoms with E-state index in [1.165, 1.54) is 0 Å². The number of fused-ring (bicyclic) bond motifs is 5. The van der Waals surface area contributed by atoms with Crippen molar-refractivity contribution in [1.29, 1.82) is 0 Å². The lowest BCUT2D eigenvalue weighted by Gasteiger charge is -2.28. The minimum atomic E-state index is -0.522. The Labute approximate surface area is 174 Å². The van der Waals surface area contributed by atoms with Crippen LogP contribution in [0.2, 0.25) is 0 Å². The highest BCUT2D eigenvalue weighted by Crippen LogP contribution is 2.48.